The molecule has 0 atom stereocenters. The Bertz CT molecular complexity index is 997. The van der Waals surface area contributed by atoms with Crippen molar-refractivity contribution in [1.29, 1.82) is 5.26 Å². The van der Waals surface area contributed by atoms with Crippen molar-refractivity contribution in [3.8, 4) is 6.07 Å². The van der Waals surface area contributed by atoms with Crippen molar-refractivity contribution in [2.24, 2.45) is 0 Å². The Morgan fingerprint density at radius 1 is 1.10 bits per heavy atom. The third-order valence-electron chi connectivity index (χ3n) is 4.53. The fraction of sp³-hybridized carbons (Fsp3) is 0.227. The average Bonchev–Trinajstić information content (AvgIpc) is 2.76. The molecule has 1 aliphatic heterocycles. The first kappa shape index (κ1) is 19.2. The van der Waals surface area contributed by atoms with Crippen LogP contribution in [0.25, 0.3) is 0 Å². The van der Waals surface area contributed by atoms with Gasteiger partial charge in [-0.25, -0.2) is 9.97 Å². The number of anilines is 3. The Hall–Kier alpha value is -3.08. The minimum atomic E-state index is 0.408. The number of morpholine rings is 1. The Labute approximate surface area is 174 Å². The first-order valence-corrected chi connectivity index (χ1v) is 10.3. The maximum Gasteiger partial charge on any atom is 0.228 e. The predicted octanol–water partition coefficient (Wildman–Crippen LogP) is 4.27. The zero-order valence-corrected chi connectivity index (χ0v) is 16.7. The van der Waals surface area contributed by atoms with Gasteiger partial charge in [0.25, 0.3) is 0 Å². The Kier molecular flexibility index (Phi) is 6.25. The number of hydrogen-bond acceptors (Lipinski definition) is 7. The van der Waals surface area contributed by atoms with Crippen LogP contribution in [-0.2, 0) is 11.2 Å². The molecule has 1 N–H and O–H groups in total. The molecule has 0 amide bonds. The summed E-state index contributed by atoms with van der Waals surface area (Å²) in [4.78, 5) is 12.3. The van der Waals surface area contributed by atoms with E-state index in [0.29, 0.717) is 12.4 Å². The van der Waals surface area contributed by atoms with Gasteiger partial charge in [-0.15, -0.1) is 0 Å². The number of nitrogens with zero attached hydrogens (tertiary/aromatic N) is 4. The number of nitrogens with one attached hydrogen (secondary N) is 1. The number of aromatic nitrogens is 2. The van der Waals surface area contributed by atoms with Gasteiger partial charge in [0.05, 0.1) is 25.7 Å². The molecule has 2 heterocycles. The van der Waals surface area contributed by atoms with Crippen LogP contribution in [0.5, 0.6) is 0 Å². The summed E-state index contributed by atoms with van der Waals surface area (Å²) in [6.45, 7) is 3.39. The normalized spacial score (nSPS) is 13.7. The summed E-state index contributed by atoms with van der Waals surface area (Å²) in [5.74, 6) is 0.558. The quantitative estimate of drug-likeness (QED) is 0.616. The number of hydrogen-bond donors (Lipinski definition) is 1. The van der Waals surface area contributed by atoms with Gasteiger partial charge in [0.1, 0.15) is 5.03 Å². The summed E-state index contributed by atoms with van der Waals surface area (Å²) in [6.07, 6.45) is 2.16. The highest BCUT2D eigenvalue weighted by atomic mass is 32.2. The average molecular weight is 404 g/mol. The molecule has 0 bridgehead atoms. The Morgan fingerprint density at radius 3 is 2.72 bits per heavy atom. The summed E-state index contributed by atoms with van der Waals surface area (Å²) in [7, 11) is 0. The summed E-state index contributed by atoms with van der Waals surface area (Å²) in [5, 5.41) is 13.0. The summed E-state index contributed by atoms with van der Waals surface area (Å²) in [6, 6.07) is 20.3. The molecular formula is C22H21N5OS. The molecule has 0 saturated carbocycles. The number of rotatable bonds is 6. The van der Waals surface area contributed by atoms with E-state index in [1.54, 1.807) is 18.0 Å². The predicted molar refractivity (Wildman–Crippen MR) is 115 cm³/mol. The molecule has 0 radical (unpaired) electrons. The van der Waals surface area contributed by atoms with Crippen molar-refractivity contribution in [3.05, 3.63) is 66.4 Å². The molecule has 2 aromatic carbocycles. The fourth-order valence-corrected chi connectivity index (χ4v) is 3.96. The van der Waals surface area contributed by atoms with Crippen LogP contribution in [0.4, 0.5) is 17.3 Å². The molecule has 1 aromatic heterocycles. The van der Waals surface area contributed by atoms with E-state index in [9.17, 15) is 0 Å². The molecule has 1 saturated heterocycles. The second-order valence-corrected chi connectivity index (χ2v) is 7.67. The van der Waals surface area contributed by atoms with Gasteiger partial charge < -0.3 is 15.0 Å². The van der Waals surface area contributed by atoms with Crippen molar-refractivity contribution < 1.29 is 4.74 Å². The first-order valence-electron chi connectivity index (χ1n) is 9.47. The van der Waals surface area contributed by atoms with Crippen LogP contribution in [0, 0.1) is 11.3 Å². The van der Waals surface area contributed by atoms with Crippen LogP contribution in [-0.4, -0.2) is 36.3 Å². The van der Waals surface area contributed by atoms with Gasteiger partial charge in [-0.1, -0.05) is 23.9 Å². The third-order valence-corrected chi connectivity index (χ3v) is 5.46. The highest BCUT2D eigenvalue weighted by Gasteiger charge is 2.11. The first-order chi connectivity index (χ1) is 14.3. The van der Waals surface area contributed by atoms with Crippen LogP contribution < -0.4 is 10.2 Å². The van der Waals surface area contributed by atoms with Crippen LogP contribution in [0.15, 0.2) is 70.7 Å². The minimum absolute atomic E-state index is 0.408. The Morgan fingerprint density at radius 2 is 1.93 bits per heavy atom. The lowest BCUT2D eigenvalue weighted by atomic mass is 10.2. The lowest BCUT2D eigenvalue weighted by Crippen LogP contribution is -2.36. The van der Waals surface area contributed by atoms with E-state index in [1.165, 1.54) is 5.69 Å². The lowest BCUT2D eigenvalue weighted by Gasteiger charge is -2.28. The van der Waals surface area contributed by atoms with E-state index < -0.39 is 0 Å². The van der Waals surface area contributed by atoms with Gasteiger partial charge >= 0.3 is 0 Å². The number of benzene rings is 2. The molecule has 7 heteroatoms. The molecule has 1 fully saturated rings. The molecule has 1 aliphatic rings. The fourth-order valence-electron chi connectivity index (χ4n) is 3.10. The molecule has 3 aromatic rings. The van der Waals surface area contributed by atoms with E-state index >= 15 is 0 Å². The molecule has 6 nitrogen and oxygen atoms in total. The van der Waals surface area contributed by atoms with Crippen LogP contribution in [0.1, 0.15) is 5.56 Å². The highest BCUT2D eigenvalue weighted by molar-refractivity contribution is 7.99. The van der Waals surface area contributed by atoms with Gasteiger partial charge in [0.2, 0.25) is 5.95 Å². The number of nitriles is 1. The smallest absolute Gasteiger partial charge is 0.228 e. The highest BCUT2D eigenvalue weighted by Crippen LogP contribution is 2.28. The molecule has 29 heavy (non-hydrogen) atoms. The summed E-state index contributed by atoms with van der Waals surface area (Å²) < 4.78 is 5.41. The van der Waals surface area contributed by atoms with E-state index in [4.69, 9.17) is 10.00 Å². The number of ether oxygens (including phenoxy) is 1. The maximum absolute atomic E-state index is 8.87. The van der Waals surface area contributed by atoms with Crippen molar-refractivity contribution in [1.82, 2.24) is 9.97 Å². The van der Waals surface area contributed by atoms with Crippen molar-refractivity contribution in [3.63, 3.8) is 0 Å². The zero-order valence-electron chi connectivity index (χ0n) is 15.9. The molecule has 4 rings (SSSR count). The second kappa shape index (κ2) is 9.41. The largest absolute Gasteiger partial charge is 0.378 e. The lowest BCUT2D eigenvalue weighted by molar-refractivity contribution is 0.122. The Balaban J connectivity index is 1.42. The van der Waals surface area contributed by atoms with E-state index in [-0.39, 0.29) is 0 Å². The van der Waals surface area contributed by atoms with Gasteiger partial charge in [-0.2, -0.15) is 5.26 Å². The molecule has 0 aliphatic carbocycles. The minimum Gasteiger partial charge on any atom is -0.378 e. The van der Waals surface area contributed by atoms with Gasteiger partial charge in [0.15, 0.2) is 0 Å². The second-order valence-electron chi connectivity index (χ2n) is 6.57. The third kappa shape index (κ3) is 5.25. The monoisotopic (exact) mass is 403 g/mol. The van der Waals surface area contributed by atoms with E-state index in [0.717, 1.165) is 47.5 Å². The van der Waals surface area contributed by atoms with Crippen LogP contribution >= 0.6 is 11.8 Å². The molecule has 146 valence electrons. The topological polar surface area (TPSA) is 74.1 Å². The van der Waals surface area contributed by atoms with Crippen LogP contribution in [0.2, 0.25) is 0 Å². The SMILES string of the molecule is N#CCc1cccc(Sc2ccnc(Nc3ccc(N4CCOCC4)cc3)n2)c1. The van der Waals surface area contributed by atoms with Crippen molar-refractivity contribution in [2.75, 3.05) is 36.5 Å². The standard InChI is InChI=1S/C22H21N5OS/c23-10-8-17-2-1-3-20(16-17)29-21-9-11-24-22(26-21)25-18-4-6-19(7-5-18)27-12-14-28-15-13-27/h1-7,9,11,16H,8,12-15H2,(H,24,25,26). The molecular weight excluding hydrogens is 382 g/mol. The van der Waals surface area contributed by atoms with E-state index in [2.05, 4.69) is 38.4 Å². The van der Waals surface area contributed by atoms with E-state index in [1.807, 2.05) is 42.5 Å². The molecule has 0 unspecified atom stereocenters. The van der Waals surface area contributed by atoms with Crippen molar-refractivity contribution >= 4 is 29.1 Å². The molecule has 0 spiro atoms. The maximum atomic E-state index is 8.87. The summed E-state index contributed by atoms with van der Waals surface area (Å²) in [5.41, 5.74) is 3.15. The van der Waals surface area contributed by atoms with Gasteiger partial charge in [-0.3, -0.25) is 0 Å². The van der Waals surface area contributed by atoms with Gasteiger partial charge in [-0.05, 0) is 48.0 Å². The zero-order chi connectivity index (χ0) is 19.9. The summed E-state index contributed by atoms with van der Waals surface area (Å²) >= 11 is 1.55. The van der Waals surface area contributed by atoms with Crippen LogP contribution in [0.3, 0.4) is 0 Å². The van der Waals surface area contributed by atoms with Gasteiger partial charge in [0, 0.05) is 35.6 Å². The van der Waals surface area contributed by atoms with Crippen molar-refractivity contribution in [2.45, 2.75) is 16.3 Å².